The van der Waals surface area contributed by atoms with Crippen LogP contribution in [0.15, 0.2) is 18.2 Å². The fraction of sp³-hybridized carbons (Fsp3) is 0.467. The molecule has 0 N–H and O–H groups in total. The molecule has 1 aromatic rings. The maximum atomic E-state index is 12.5. The minimum atomic E-state index is 0.0735. The monoisotopic (exact) mass is 260 g/mol. The van der Waals surface area contributed by atoms with Crippen LogP contribution in [-0.2, 0) is 4.79 Å². The van der Waals surface area contributed by atoms with E-state index >= 15 is 0 Å². The molecule has 102 valence electrons. The van der Waals surface area contributed by atoms with Gasteiger partial charge in [0.15, 0.2) is 0 Å². The van der Waals surface area contributed by atoms with E-state index in [-0.39, 0.29) is 11.8 Å². The van der Waals surface area contributed by atoms with Crippen LogP contribution in [0.1, 0.15) is 28.4 Å². The summed E-state index contributed by atoms with van der Waals surface area (Å²) in [6.45, 7) is 8.01. The van der Waals surface area contributed by atoms with Crippen molar-refractivity contribution in [1.29, 1.82) is 0 Å². The first-order valence-corrected chi connectivity index (χ1v) is 6.61. The summed E-state index contributed by atoms with van der Waals surface area (Å²) in [4.78, 5) is 27.4. The number of amides is 2. The van der Waals surface area contributed by atoms with Crippen molar-refractivity contribution in [1.82, 2.24) is 9.80 Å². The second-order valence-corrected chi connectivity index (χ2v) is 5.12. The van der Waals surface area contributed by atoms with E-state index in [1.165, 1.54) is 0 Å². The number of benzene rings is 1. The van der Waals surface area contributed by atoms with Crippen LogP contribution in [-0.4, -0.2) is 47.8 Å². The van der Waals surface area contributed by atoms with Crippen LogP contribution in [0.4, 0.5) is 0 Å². The number of carbonyl (C=O) groups excluding carboxylic acids is 2. The van der Waals surface area contributed by atoms with Gasteiger partial charge in [0.05, 0.1) is 0 Å². The highest BCUT2D eigenvalue weighted by atomic mass is 16.2. The topological polar surface area (TPSA) is 40.6 Å². The predicted molar refractivity (Wildman–Crippen MR) is 74.1 cm³/mol. The van der Waals surface area contributed by atoms with Crippen LogP contribution < -0.4 is 0 Å². The maximum Gasteiger partial charge on any atom is 0.254 e. The minimum Gasteiger partial charge on any atom is -0.339 e. The third-order valence-electron chi connectivity index (χ3n) is 3.64. The van der Waals surface area contributed by atoms with Crippen LogP contribution in [0, 0.1) is 13.8 Å². The molecular formula is C15H20N2O2. The largest absolute Gasteiger partial charge is 0.339 e. The molecule has 1 aromatic carbocycles. The average molecular weight is 260 g/mol. The fourth-order valence-electron chi connectivity index (χ4n) is 2.36. The Morgan fingerprint density at radius 2 is 1.58 bits per heavy atom. The van der Waals surface area contributed by atoms with E-state index in [4.69, 9.17) is 0 Å². The summed E-state index contributed by atoms with van der Waals surface area (Å²) in [7, 11) is 0. The molecule has 0 atom stereocenters. The number of nitrogens with zero attached hydrogens (tertiary/aromatic N) is 2. The lowest BCUT2D eigenvalue weighted by molar-refractivity contribution is -0.130. The van der Waals surface area contributed by atoms with E-state index in [0.29, 0.717) is 26.2 Å². The molecule has 1 fully saturated rings. The van der Waals surface area contributed by atoms with Crippen molar-refractivity contribution >= 4 is 11.8 Å². The van der Waals surface area contributed by atoms with Crippen LogP contribution in [0.25, 0.3) is 0 Å². The summed E-state index contributed by atoms with van der Waals surface area (Å²) >= 11 is 0. The van der Waals surface area contributed by atoms with Gasteiger partial charge in [-0.2, -0.15) is 0 Å². The summed E-state index contributed by atoms with van der Waals surface area (Å²) in [6.07, 6.45) is 0. The van der Waals surface area contributed by atoms with Gasteiger partial charge in [-0.1, -0.05) is 17.7 Å². The first-order valence-electron chi connectivity index (χ1n) is 6.61. The number of hydrogen-bond donors (Lipinski definition) is 0. The SMILES string of the molecule is CC(=O)N1CCN(C(=O)c2cc(C)ccc2C)CC1. The summed E-state index contributed by atoms with van der Waals surface area (Å²) in [5.41, 5.74) is 2.87. The number of carbonyl (C=O) groups is 2. The summed E-state index contributed by atoms with van der Waals surface area (Å²) in [6, 6.07) is 5.93. The molecule has 1 heterocycles. The highest BCUT2D eigenvalue weighted by Crippen LogP contribution is 2.15. The number of aryl methyl sites for hydroxylation is 2. The van der Waals surface area contributed by atoms with Gasteiger partial charge >= 0.3 is 0 Å². The number of rotatable bonds is 1. The van der Waals surface area contributed by atoms with Gasteiger partial charge in [0.25, 0.3) is 5.91 Å². The van der Waals surface area contributed by atoms with E-state index in [1.807, 2.05) is 36.9 Å². The van der Waals surface area contributed by atoms with Crippen molar-refractivity contribution in [3.8, 4) is 0 Å². The van der Waals surface area contributed by atoms with E-state index in [2.05, 4.69) is 0 Å². The van der Waals surface area contributed by atoms with Crippen molar-refractivity contribution in [2.24, 2.45) is 0 Å². The van der Waals surface area contributed by atoms with E-state index < -0.39 is 0 Å². The van der Waals surface area contributed by atoms with E-state index in [9.17, 15) is 9.59 Å². The molecule has 1 aliphatic rings. The molecule has 0 radical (unpaired) electrons. The van der Waals surface area contributed by atoms with Gasteiger partial charge in [-0.25, -0.2) is 0 Å². The Bertz CT molecular complexity index is 503. The third-order valence-corrected chi connectivity index (χ3v) is 3.64. The average Bonchev–Trinajstić information content (AvgIpc) is 2.41. The smallest absolute Gasteiger partial charge is 0.254 e. The molecule has 1 aliphatic heterocycles. The van der Waals surface area contributed by atoms with Gasteiger partial charge < -0.3 is 9.80 Å². The highest BCUT2D eigenvalue weighted by Gasteiger charge is 2.23. The van der Waals surface area contributed by atoms with Crippen LogP contribution in [0.2, 0.25) is 0 Å². The maximum absolute atomic E-state index is 12.5. The molecule has 0 saturated carbocycles. The van der Waals surface area contributed by atoms with E-state index in [0.717, 1.165) is 16.7 Å². The van der Waals surface area contributed by atoms with Gasteiger partial charge in [0.1, 0.15) is 0 Å². The van der Waals surface area contributed by atoms with Crippen molar-refractivity contribution in [2.45, 2.75) is 20.8 Å². The van der Waals surface area contributed by atoms with Gasteiger partial charge in [-0.3, -0.25) is 9.59 Å². The molecule has 1 saturated heterocycles. The Morgan fingerprint density at radius 1 is 1.00 bits per heavy atom. The van der Waals surface area contributed by atoms with Crippen LogP contribution in [0.5, 0.6) is 0 Å². The molecule has 2 rings (SSSR count). The highest BCUT2D eigenvalue weighted by molar-refractivity contribution is 5.96. The zero-order chi connectivity index (χ0) is 14.0. The second-order valence-electron chi connectivity index (χ2n) is 5.12. The zero-order valence-corrected chi connectivity index (χ0v) is 11.8. The lowest BCUT2D eigenvalue weighted by Crippen LogP contribution is -2.50. The molecule has 4 heteroatoms. The molecule has 0 spiro atoms. The summed E-state index contributed by atoms with van der Waals surface area (Å²) in [5, 5.41) is 0. The third kappa shape index (κ3) is 2.95. The van der Waals surface area contributed by atoms with Crippen LogP contribution in [0.3, 0.4) is 0 Å². The predicted octanol–water partition coefficient (Wildman–Crippen LogP) is 1.61. The molecule has 0 aromatic heterocycles. The first-order chi connectivity index (χ1) is 8.99. The summed E-state index contributed by atoms with van der Waals surface area (Å²) < 4.78 is 0. The van der Waals surface area contributed by atoms with Crippen molar-refractivity contribution < 1.29 is 9.59 Å². The standard InChI is InChI=1S/C15H20N2O2/c1-11-4-5-12(2)14(10-11)15(19)17-8-6-16(7-9-17)13(3)18/h4-5,10H,6-9H2,1-3H3. The fourth-order valence-corrected chi connectivity index (χ4v) is 2.36. The van der Waals surface area contributed by atoms with Gasteiger partial charge in [-0.15, -0.1) is 0 Å². The van der Waals surface area contributed by atoms with Gasteiger partial charge in [0, 0.05) is 38.7 Å². The summed E-state index contributed by atoms with van der Waals surface area (Å²) in [5.74, 6) is 0.156. The Kier molecular flexibility index (Phi) is 3.88. The first kappa shape index (κ1) is 13.6. The quantitative estimate of drug-likeness (QED) is 0.769. The van der Waals surface area contributed by atoms with E-state index in [1.54, 1.807) is 11.8 Å². The zero-order valence-electron chi connectivity index (χ0n) is 11.8. The molecule has 4 nitrogen and oxygen atoms in total. The van der Waals surface area contributed by atoms with Crippen molar-refractivity contribution in [3.63, 3.8) is 0 Å². The molecular weight excluding hydrogens is 240 g/mol. The Balaban J connectivity index is 2.09. The molecule has 2 amide bonds. The molecule has 0 bridgehead atoms. The Morgan fingerprint density at radius 3 is 2.16 bits per heavy atom. The second kappa shape index (κ2) is 5.43. The lowest BCUT2D eigenvalue weighted by atomic mass is 10.0. The lowest BCUT2D eigenvalue weighted by Gasteiger charge is -2.34. The normalized spacial score (nSPS) is 15.5. The van der Waals surface area contributed by atoms with Gasteiger partial charge in [0.2, 0.25) is 5.91 Å². The molecule has 0 unspecified atom stereocenters. The number of hydrogen-bond acceptors (Lipinski definition) is 2. The Labute approximate surface area is 114 Å². The van der Waals surface area contributed by atoms with Crippen molar-refractivity contribution in [2.75, 3.05) is 26.2 Å². The Hall–Kier alpha value is -1.84. The minimum absolute atomic E-state index is 0.0735. The molecule has 19 heavy (non-hydrogen) atoms. The number of piperazine rings is 1. The van der Waals surface area contributed by atoms with Gasteiger partial charge in [-0.05, 0) is 25.5 Å². The van der Waals surface area contributed by atoms with Crippen molar-refractivity contribution in [3.05, 3.63) is 34.9 Å². The van der Waals surface area contributed by atoms with Crippen LogP contribution >= 0.6 is 0 Å². The molecule has 0 aliphatic carbocycles.